The zero-order valence-electron chi connectivity index (χ0n) is 10.8. The molecule has 0 aliphatic heterocycles. The van der Waals surface area contributed by atoms with Crippen molar-refractivity contribution in [3.05, 3.63) is 51.7 Å². The molecular weight excluding hydrogens is 285 g/mol. The Kier molecular flexibility index (Phi) is 4.57. The lowest BCUT2D eigenvalue weighted by Gasteiger charge is -2.19. The van der Waals surface area contributed by atoms with Crippen LogP contribution in [-0.2, 0) is 0 Å². The molecule has 0 unspecified atom stereocenters. The third kappa shape index (κ3) is 3.27. The summed E-state index contributed by atoms with van der Waals surface area (Å²) in [5.41, 5.74) is 0.0404. The van der Waals surface area contributed by atoms with Crippen molar-refractivity contribution in [3.63, 3.8) is 0 Å². The molecule has 1 aromatic heterocycles. The molecule has 20 heavy (non-hydrogen) atoms. The fourth-order valence-corrected chi connectivity index (χ4v) is 1.85. The lowest BCUT2D eigenvalue weighted by molar-refractivity contribution is 0.309. The Bertz CT molecular complexity index is 648. The number of anilines is 1. The van der Waals surface area contributed by atoms with Crippen LogP contribution in [0.25, 0.3) is 0 Å². The first kappa shape index (κ1) is 14.3. The van der Waals surface area contributed by atoms with E-state index in [1.54, 1.807) is 30.1 Å². The summed E-state index contributed by atoms with van der Waals surface area (Å²) in [5, 5.41) is 5.98. The minimum Gasteiger partial charge on any atom is -0.489 e. The largest absolute Gasteiger partial charge is 0.489 e. The first-order valence-corrected chi connectivity index (χ1v) is 6.29. The number of likely N-dealkylation sites (N-methyl/N-ethyl adjacent to an activating group) is 1. The molecule has 0 atom stereocenters. The van der Waals surface area contributed by atoms with E-state index in [1.807, 2.05) is 0 Å². The standard InChI is InChI=1S/C13H13ClFN3O2/c1-18(10-8-16-17-13(19)12(10)14)6-7-20-11-5-3-2-4-9(11)15/h2-5,8H,6-7H2,1H3,(H,17,19). The third-order valence-corrected chi connectivity index (χ3v) is 3.07. The number of aromatic amines is 1. The van der Waals surface area contributed by atoms with Crippen LogP contribution < -0.4 is 15.2 Å². The maximum atomic E-state index is 13.3. The monoisotopic (exact) mass is 297 g/mol. The Morgan fingerprint density at radius 3 is 2.95 bits per heavy atom. The molecule has 0 amide bonds. The number of para-hydroxylation sites is 1. The lowest BCUT2D eigenvalue weighted by Crippen LogP contribution is -2.26. The SMILES string of the molecule is CN(CCOc1ccccc1F)c1cn[nH]c(=O)c1Cl. The van der Waals surface area contributed by atoms with Gasteiger partial charge in [0.25, 0.3) is 5.56 Å². The van der Waals surface area contributed by atoms with Crippen LogP contribution in [0.15, 0.2) is 35.3 Å². The van der Waals surface area contributed by atoms with Gasteiger partial charge in [0, 0.05) is 7.05 Å². The Morgan fingerprint density at radius 2 is 2.20 bits per heavy atom. The second-order valence-electron chi connectivity index (χ2n) is 4.10. The van der Waals surface area contributed by atoms with E-state index in [2.05, 4.69) is 10.2 Å². The molecule has 106 valence electrons. The van der Waals surface area contributed by atoms with Gasteiger partial charge in [-0.05, 0) is 12.1 Å². The average molecular weight is 298 g/mol. The number of hydrogen-bond acceptors (Lipinski definition) is 4. The van der Waals surface area contributed by atoms with Crippen LogP contribution >= 0.6 is 11.6 Å². The van der Waals surface area contributed by atoms with Crippen LogP contribution in [0, 0.1) is 5.82 Å². The lowest BCUT2D eigenvalue weighted by atomic mass is 10.3. The summed E-state index contributed by atoms with van der Waals surface area (Å²) in [4.78, 5) is 13.0. The Hall–Kier alpha value is -2.08. The Labute approximate surface area is 119 Å². The van der Waals surface area contributed by atoms with Gasteiger partial charge in [0.05, 0.1) is 18.4 Å². The summed E-state index contributed by atoms with van der Waals surface area (Å²) >= 11 is 5.88. The van der Waals surface area contributed by atoms with Crippen molar-refractivity contribution in [2.24, 2.45) is 0 Å². The van der Waals surface area contributed by atoms with E-state index in [4.69, 9.17) is 16.3 Å². The zero-order chi connectivity index (χ0) is 14.5. The first-order chi connectivity index (χ1) is 9.59. The number of halogens is 2. The number of aromatic nitrogens is 2. The van der Waals surface area contributed by atoms with Gasteiger partial charge in [0.2, 0.25) is 0 Å². The van der Waals surface area contributed by atoms with Crippen LogP contribution in [0.5, 0.6) is 5.75 Å². The van der Waals surface area contributed by atoms with Gasteiger partial charge < -0.3 is 9.64 Å². The number of ether oxygens (including phenoxy) is 1. The first-order valence-electron chi connectivity index (χ1n) is 5.91. The van der Waals surface area contributed by atoms with E-state index < -0.39 is 11.4 Å². The maximum Gasteiger partial charge on any atom is 0.285 e. The highest BCUT2D eigenvalue weighted by molar-refractivity contribution is 6.32. The van der Waals surface area contributed by atoms with Crippen molar-refractivity contribution < 1.29 is 9.13 Å². The molecule has 2 aromatic rings. The van der Waals surface area contributed by atoms with Gasteiger partial charge in [-0.3, -0.25) is 4.79 Å². The number of nitrogens with zero attached hydrogens (tertiary/aromatic N) is 2. The molecule has 0 bridgehead atoms. The van der Waals surface area contributed by atoms with E-state index in [1.165, 1.54) is 12.3 Å². The fourth-order valence-electron chi connectivity index (χ4n) is 1.62. The number of nitrogens with one attached hydrogen (secondary N) is 1. The normalized spacial score (nSPS) is 10.3. The summed E-state index contributed by atoms with van der Waals surface area (Å²) in [6.45, 7) is 0.680. The molecular formula is C13H13ClFN3O2. The molecule has 2 rings (SSSR count). The van der Waals surface area contributed by atoms with Gasteiger partial charge in [-0.2, -0.15) is 5.10 Å². The van der Waals surface area contributed by atoms with E-state index in [0.717, 1.165) is 0 Å². The highest BCUT2D eigenvalue weighted by atomic mass is 35.5. The molecule has 0 fully saturated rings. The summed E-state index contributed by atoms with van der Waals surface area (Å²) in [6, 6.07) is 6.17. The minimum atomic E-state index is -0.453. The van der Waals surface area contributed by atoms with Crippen molar-refractivity contribution in [3.8, 4) is 5.75 Å². The highest BCUT2D eigenvalue weighted by Gasteiger charge is 2.10. The minimum absolute atomic E-state index is 0.0633. The van der Waals surface area contributed by atoms with E-state index in [0.29, 0.717) is 12.2 Å². The van der Waals surface area contributed by atoms with Crippen LogP contribution in [0.4, 0.5) is 10.1 Å². The molecule has 5 nitrogen and oxygen atoms in total. The van der Waals surface area contributed by atoms with Crippen molar-refractivity contribution in [2.45, 2.75) is 0 Å². The molecule has 0 saturated heterocycles. The maximum absolute atomic E-state index is 13.3. The topological polar surface area (TPSA) is 58.2 Å². The molecule has 1 aromatic carbocycles. The smallest absolute Gasteiger partial charge is 0.285 e. The molecule has 0 spiro atoms. The Morgan fingerprint density at radius 1 is 1.45 bits per heavy atom. The van der Waals surface area contributed by atoms with Crippen LogP contribution in [0.2, 0.25) is 5.02 Å². The van der Waals surface area contributed by atoms with Gasteiger partial charge in [0.15, 0.2) is 11.6 Å². The van der Waals surface area contributed by atoms with Crippen molar-refractivity contribution in [2.75, 3.05) is 25.1 Å². The average Bonchev–Trinajstić information content (AvgIpc) is 2.44. The quantitative estimate of drug-likeness (QED) is 0.918. The predicted octanol–water partition coefficient (Wildman–Crippen LogP) is 2.08. The summed E-state index contributed by atoms with van der Waals surface area (Å²) < 4.78 is 18.7. The molecule has 0 aliphatic carbocycles. The van der Waals surface area contributed by atoms with Crippen molar-refractivity contribution >= 4 is 17.3 Å². The Balaban J connectivity index is 1.96. The number of rotatable bonds is 5. The van der Waals surface area contributed by atoms with E-state index >= 15 is 0 Å². The number of H-pyrrole nitrogens is 1. The van der Waals surface area contributed by atoms with Gasteiger partial charge in [-0.25, -0.2) is 9.49 Å². The second kappa shape index (κ2) is 6.38. The number of hydrogen-bond donors (Lipinski definition) is 1. The zero-order valence-corrected chi connectivity index (χ0v) is 11.5. The molecule has 0 radical (unpaired) electrons. The molecule has 7 heteroatoms. The van der Waals surface area contributed by atoms with Gasteiger partial charge in [-0.15, -0.1) is 0 Å². The van der Waals surface area contributed by atoms with Gasteiger partial charge >= 0.3 is 0 Å². The summed E-state index contributed by atoms with van der Waals surface area (Å²) in [7, 11) is 1.74. The van der Waals surface area contributed by atoms with Crippen molar-refractivity contribution in [1.29, 1.82) is 0 Å². The molecule has 1 N–H and O–H groups in total. The fraction of sp³-hybridized carbons (Fsp3) is 0.231. The molecule has 0 saturated carbocycles. The second-order valence-corrected chi connectivity index (χ2v) is 4.48. The van der Waals surface area contributed by atoms with Gasteiger partial charge in [0.1, 0.15) is 11.6 Å². The van der Waals surface area contributed by atoms with E-state index in [-0.39, 0.29) is 17.4 Å². The summed E-state index contributed by atoms with van der Waals surface area (Å²) in [6.07, 6.45) is 1.45. The predicted molar refractivity (Wildman–Crippen MR) is 75.0 cm³/mol. The third-order valence-electron chi connectivity index (χ3n) is 2.71. The van der Waals surface area contributed by atoms with E-state index in [9.17, 15) is 9.18 Å². The van der Waals surface area contributed by atoms with Crippen LogP contribution in [0.1, 0.15) is 0 Å². The number of benzene rings is 1. The van der Waals surface area contributed by atoms with Crippen LogP contribution in [0.3, 0.4) is 0 Å². The summed E-state index contributed by atoms with van der Waals surface area (Å²) in [5.74, 6) is -0.220. The van der Waals surface area contributed by atoms with Gasteiger partial charge in [-0.1, -0.05) is 23.7 Å². The van der Waals surface area contributed by atoms with Crippen LogP contribution in [-0.4, -0.2) is 30.4 Å². The van der Waals surface area contributed by atoms with Crippen molar-refractivity contribution in [1.82, 2.24) is 10.2 Å². The molecule has 1 heterocycles. The highest BCUT2D eigenvalue weighted by Crippen LogP contribution is 2.19. The molecule has 0 aliphatic rings.